The van der Waals surface area contributed by atoms with Crippen LogP contribution in [0.3, 0.4) is 0 Å². The summed E-state index contributed by atoms with van der Waals surface area (Å²) in [6, 6.07) is 4.50. The van der Waals surface area contributed by atoms with E-state index >= 15 is 0 Å². The SMILES string of the molecule is CC(=O)OCc1ccc(NC(=O)O[C@@H]2O[C@H](C(=O)O)C[C@H](O)[C@H]2O)c(OCCOCCNC(=O)CCCCCN2C(=O)C=CC2=O)c1. The monoisotopic (exact) mass is 665 g/mol. The lowest BCUT2D eigenvalue weighted by Crippen LogP contribution is -2.52. The molecule has 0 aromatic heterocycles. The summed E-state index contributed by atoms with van der Waals surface area (Å²) >= 11 is 0. The summed E-state index contributed by atoms with van der Waals surface area (Å²) in [7, 11) is 0. The maximum Gasteiger partial charge on any atom is 0.414 e. The Balaban J connectivity index is 1.39. The highest BCUT2D eigenvalue weighted by Crippen LogP contribution is 2.28. The summed E-state index contributed by atoms with van der Waals surface area (Å²) in [6.45, 7) is 2.07. The van der Waals surface area contributed by atoms with E-state index in [9.17, 15) is 39.0 Å². The van der Waals surface area contributed by atoms with Crippen molar-refractivity contribution in [1.29, 1.82) is 0 Å². The number of imide groups is 1. The number of carbonyl (C=O) groups is 6. The van der Waals surface area contributed by atoms with Gasteiger partial charge in [-0.05, 0) is 30.5 Å². The normalized spacial score (nSPS) is 20.5. The molecule has 5 N–H and O–H groups in total. The Labute approximate surface area is 269 Å². The first-order valence-corrected chi connectivity index (χ1v) is 14.9. The molecule has 2 aliphatic heterocycles. The second-order valence-corrected chi connectivity index (χ2v) is 10.5. The van der Waals surface area contributed by atoms with Crippen LogP contribution in [-0.2, 0) is 49.5 Å². The van der Waals surface area contributed by atoms with Crippen molar-refractivity contribution < 1.29 is 67.8 Å². The molecule has 0 unspecified atom stereocenters. The van der Waals surface area contributed by atoms with Crippen LogP contribution in [0.1, 0.15) is 44.6 Å². The molecule has 1 fully saturated rings. The van der Waals surface area contributed by atoms with Gasteiger partial charge in [0.1, 0.15) is 25.1 Å². The van der Waals surface area contributed by atoms with Gasteiger partial charge in [-0.15, -0.1) is 0 Å². The van der Waals surface area contributed by atoms with E-state index in [-0.39, 0.29) is 75.0 Å². The number of carboxylic acids is 1. The van der Waals surface area contributed by atoms with Crippen LogP contribution in [0.2, 0.25) is 0 Å². The van der Waals surface area contributed by atoms with Crippen molar-refractivity contribution in [3.05, 3.63) is 35.9 Å². The van der Waals surface area contributed by atoms with Crippen LogP contribution >= 0.6 is 0 Å². The molecular weight excluding hydrogens is 626 g/mol. The van der Waals surface area contributed by atoms with Crippen molar-refractivity contribution in [1.82, 2.24) is 10.2 Å². The van der Waals surface area contributed by atoms with Gasteiger partial charge in [0, 0.05) is 45.0 Å². The number of hydrogen-bond acceptors (Lipinski definition) is 13. The van der Waals surface area contributed by atoms with Gasteiger partial charge >= 0.3 is 18.0 Å². The third-order valence-electron chi connectivity index (χ3n) is 6.89. The molecule has 47 heavy (non-hydrogen) atoms. The van der Waals surface area contributed by atoms with Gasteiger partial charge in [0.05, 0.1) is 25.0 Å². The number of hydrogen-bond donors (Lipinski definition) is 5. The molecule has 1 saturated heterocycles. The standard InChI is InChI=1S/C30H39N3O14/c1-18(34)45-17-19-6-7-20(32-30(42)47-29-27(39)21(35)16-23(46-29)28(40)41)22(15-19)44-14-13-43-12-10-31-24(36)5-3-2-4-11-33-25(37)8-9-26(33)38/h6-9,15,21,23,27,29,35,39H,2-5,10-14,16-17H2,1H3,(H,31,36)(H,32,42)(H,40,41)/t21-,23-,27+,29-/m0/s1. The van der Waals surface area contributed by atoms with E-state index in [0.717, 1.165) is 4.90 Å². The van der Waals surface area contributed by atoms with Crippen LogP contribution in [0.5, 0.6) is 5.75 Å². The number of aliphatic carboxylic acids is 1. The number of aliphatic hydroxyl groups excluding tert-OH is 2. The number of ether oxygens (including phenoxy) is 5. The first-order valence-electron chi connectivity index (χ1n) is 14.9. The van der Waals surface area contributed by atoms with Crippen molar-refractivity contribution in [2.75, 3.05) is 38.2 Å². The fourth-order valence-electron chi connectivity index (χ4n) is 4.45. The van der Waals surface area contributed by atoms with E-state index in [2.05, 4.69) is 10.6 Å². The molecular formula is C30H39N3O14. The summed E-state index contributed by atoms with van der Waals surface area (Å²) < 4.78 is 26.3. The van der Waals surface area contributed by atoms with E-state index in [4.69, 9.17) is 28.8 Å². The molecule has 0 bridgehead atoms. The predicted octanol–water partition coefficient (Wildman–Crippen LogP) is 0.217. The summed E-state index contributed by atoms with van der Waals surface area (Å²) in [5.41, 5.74) is 0.649. The number of carbonyl (C=O) groups excluding carboxylic acids is 5. The molecule has 2 heterocycles. The molecule has 17 heteroatoms. The van der Waals surface area contributed by atoms with E-state index in [0.29, 0.717) is 31.4 Å². The second-order valence-electron chi connectivity index (χ2n) is 10.5. The zero-order valence-corrected chi connectivity index (χ0v) is 25.8. The molecule has 1 aromatic rings. The van der Waals surface area contributed by atoms with Crippen LogP contribution in [0.15, 0.2) is 30.4 Å². The molecule has 3 rings (SSSR count). The molecule has 4 atom stereocenters. The van der Waals surface area contributed by atoms with Gasteiger partial charge in [0.2, 0.25) is 12.2 Å². The summed E-state index contributed by atoms with van der Waals surface area (Å²) in [4.78, 5) is 71.3. The first-order chi connectivity index (χ1) is 22.4. The number of nitrogens with one attached hydrogen (secondary N) is 2. The topological polar surface area (TPSA) is 237 Å². The number of unbranched alkanes of at least 4 members (excludes halogenated alkanes) is 2. The van der Waals surface area contributed by atoms with Crippen LogP contribution in [0.25, 0.3) is 0 Å². The molecule has 2 aliphatic rings. The molecule has 17 nitrogen and oxygen atoms in total. The minimum atomic E-state index is -1.75. The minimum Gasteiger partial charge on any atom is -0.489 e. The lowest BCUT2D eigenvalue weighted by Gasteiger charge is -2.34. The van der Waals surface area contributed by atoms with Crippen molar-refractivity contribution in [3.63, 3.8) is 0 Å². The second kappa shape index (κ2) is 18.5. The Morgan fingerprint density at radius 3 is 2.47 bits per heavy atom. The highest BCUT2D eigenvalue weighted by molar-refractivity contribution is 6.12. The van der Waals surface area contributed by atoms with Crippen LogP contribution in [0.4, 0.5) is 10.5 Å². The van der Waals surface area contributed by atoms with E-state index in [1.807, 2.05) is 0 Å². The van der Waals surface area contributed by atoms with Gasteiger partial charge in [-0.1, -0.05) is 12.5 Å². The van der Waals surface area contributed by atoms with E-state index in [1.165, 1.54) is 31.2 Å². The van der Waals surface area contributed by atoms with Crippen molar-refractivity contribution >= 4 is 41.4 Å². The third kappa shape index (κ3) is 12.3. The van der Waals surface area contributed by atoms with Gasteiger partial charge in [-0.3, -0.25) is 29.4 Å². The Morgan fingerprint density at radius 2 is 1.77 bits per heavy atom. The lowest BCUT2D eigenvalue weighted by molar-refractivity contribution is -0.245. The molecule has 258 valence electrons. The van der Waals surface area contributed by atoms with Crippen molar-refractivity contribution in [2.24, 2.45) is 0 Å². The Morgan fingerprint density at radius 1 is 1.02 bits per heavy atom. The summed E-state index contributed by atoms with van der Waals surface area (Å²) in [5.74, 6) is -2.56. The molecule has 0 saturated carbocycles. The number of nitrogens with zero attached hydrogens (tertiary/aromatic N) is 1. The van der Waals surface area contributed by atoms with Gasteiger partial charge in [0.15, 0.2) is 6.10 Å². The number of carboxylic acid groups (broad SMARTS) is 1. The lowest BCUT2D eigenvalue weighted by atomic mass is 10.0. The zero-order valence-electron chi connectivity index (χ0n) is 25.8. The Hall–Kier alpha value is -4.58. The van der Waals surface area contributed by atoms with Crippen LogP contribution in [-0.4, -0.2) is 113 Å². The summed E-state index contributed by atoms with van der Waals surface area (Å²) in [5, 5.41) is 34.3. The highest BCUT2D eigenvalue weighted by atomic mass is 16.7. The number of benzene rings is 1. The molecule has 0 spiro atoms. The number of anilines is 1. The van der Waals surface area contributed by atoms with Gasteiger partial charge in [0.25, 0.3) is 11.8 Å². The first kappa shape index (κ1) is 36.9. The van der Waals surface area contributed by atoms with Crippen LogP contribution < -0.4 is 15.4 Å². The maximum absolute atomic E-state index is 12.6. The number of rotatable bonds is 18. The number of amides is 4. The molecule has 0 radical (unpaired) electrons. The van der Waals surface area contributed by atoms with Crippen LogP contribution in [0, 0.1) is 0 Å². The molecule has 0 aliphatic carbocycles. The molecule has 1 aromatic carbocycles. The molecule has 4 amide bonds. The maximum atomic E-state index is 12.6. The predicted molar refractivity (Wildman–Crippen MR) is 159 cm³/mol. The van der Waals surface area contributed by atoms with Crippen molar-refractivity contribution in [2.45, 2.75) is 70.2 Å². The Bertz CT molecular complexity index is 1300. The number of esters is 1. The quantitative estimate of drug-likeness (QED) is 0.0801. The van der Waals surface area contributed by atoms with E-state index in [1.54, 1.807) is 6.07 Å². The average molecular weight is 666 g/mol. The number of aliphatic hydroxyl groups is 2. The van der Waals surface area contributed by atoms with E-state index < -0.39 is 42.6 Å². The largest absolute Gasteiger partial charge is 0.489 e. The van der Waals surface area contributed by atoms with Gasteiger partial charge in [-0.2, -0.15) is 0 Å². The van der Waals surface area contributed by atoms with Crippen molar-refractivity contribution in [3.8, 4) is 5.75 Å². The Kier molecular flexibility index (Phi) is 14.5. The fraction of sp³-hybridized carbons (Fsp3) is 0.533. The zero-order chi connectivity index (χ0) is 34.3. The third-order valence-corrected chi connectivity index (χ3v) is 6.89. The minimum absolute atomic E-state index is 0.0170. The summed E-state index contributed by atoms with van der Waals surface area (Å²) in [6.07, 6.45) is -3.29. The average Bonchev–Trinajstić information content (AvgIpc) is 3.34. The fourth-order valence-corrected chi connectivity index (χ4v) is 4.45. The van der Waals surface area contributed by atoms with Gasteiger partial charge in [-0.25, -0.2) is 9.59 Å². The highest BCUT2D eigenvalue weighted by Gasteiger charge is 2.42. The van der Waals surface area contributed by atoms with Gasteiger partial charge < -0.3 is 44.3 Å². The smallest absolute Gasteiger partial charge is 0.414 e.